The molecule has 0 aromatic rings. The molecule has 0 bridgehead atoms. The summed E-state index contributed by atoms with van der Waals surface area (Å²) in [5.41, 5.74) is 1.03. The Morgan fingerprint density at radius 1 is 1.24 bits per heavy atom. The zero-order valence-corrected chi connectivity index (χ0v) is 22.8. The van der Waals surface area contributed by atoms with Gasteiger partial charge in [0.25, 0.3) is 0 Å². The lowest BCUT2D eigenvalue weighted by atomic mass is 9.91. The van der Waals surface area contributed by atoms with Gasteiger partial charge in [0.2, 0.25) is 0 Å². The number of methoxy groups -OCH3 is 3. The molecule has 9 heteroatoms. The summed E-state index contributed by atoms with van der Waals surface area (Å²) >= 11 is 3.33. The first-order valence-electron chi connectivity index (χ1n) is 11.6. The molecule has 34 heavy (non-hydrogen) atoms. The zero-order valence-electron chi connectivity index (χ0n) is 21.2. The molecule has 1 rings (SSSR count). The summed E-state index contributed by atoms with van der Waals surface area (Å²) in [6.45, 7) is 8.53. The summed E-state index contributed by atoms with van der Waals surface area (Å²) in [6, 6.07) is 0. The molecular weight excluding hydrogens is 508 g/mol. The van der Waals surface area contributed by atoms with E-state index in [4.69, 9.17) is 28.4 Å². The number of ether oxygens (including phenoxy) is 6. The van der Waals surface area contributed by atoms with Gasteiger partial charge >= 0.3 is 5.97 Å². The number of halogens is 1. The van der Waals surface area contributed by atoms with Crippen molar-refractivity contribution in [2.24, 2.45) is 5.92 Å². The molecule has 1 saturated heterocycles. The average Bonchev–Trinajstić information content (AvgIpc) is 3.24. The fourth-order valence-electron chi connectivity index (χ4n) is 4.06. The highest BCUT2D eigenvalue weighted by molar-refractivity contribution is 9.09. The second-order valence-corrected chi connectivity index (χ2v) is 9.37. The SMILES string of the molecule is C=C(CCC[C@H](C)[C@H](C=O)OCOC)[C@H]1CC[C@@](C)([C@@H](C/C=C(\CBr)C(=O)OC)OCOC)O1. The van der Waals surface area contributed by atoms with Crippen LogP contribution >= 0.6 is 15.9 Å². The third-order valence-electron chi connectivity index (χ3n) is 6.24. The molecule has 0 radical (unpaired) electrons. The molecule has 1 fully saturated rings. The molecule has 0 amide bonds. The van der Waals surface area contributed by atoms with Crippen molar-refractivity contribution in [2.45, 2.75) is 76.3 Å². The molecule has 8 nitrogen and oxygen atoms in total. The Morgan fingerprint density at radius 2 is 1.91 bits per heavy atom. The van der Waals surface area contributed by atoms with Crippen molar-refractivity contribution < 1.29 is 38.0 Å². The molecule has 1 heterocycles. The van der Waals surface area contributed by atoms with Gasteiger partial charge in [-0.3, -0.25) is 0 Å². The largest absolute Gasteiger partial charge is 0.466 e. The number of rotatable bonds is 18. The third-order valence-corrected chi connectivity index (χ3v) is 6.84. The van der Waals surface area contributed by atoms with E-state index in [-0.39, 0.29) is 37.7 Å². The third kappa shape index (κ3) is 9.87. The van der Waals surface area contributed by atoms with Gasteiger partial charge in [0.05, 0.1) is 24.9 Å². The maximum atomic E-state index is 11.9. The molecular formula is C25H41BrO8. The molecule has 0 aromatic heterocycles. The first kappa shape index (κ1) is 30.9. The van der Waals surface area contributed by atoms with E-state index in [1.807, 2.05) is 19.9 Å². The molecule has 0 N–H and O–H groups in total. The minimum atomic E-state index is -0.542. The number of hydrogen-bond donors (Lipinski definition) is 0. The van der Waals surface area contributed by atoms with Crippen molar-refractivity contribution in [1.82, 2.24) is 0 Å². The number of carbonyl (C=O) groups excluding carboxylic acids is 2. The Kier molecular flexibility index (Phi) is 15.1. The van der Waals surface area contributed by atoms with Crippen LogP contribution in [0.5, 0.6) is 0 Å². The van der Waals surface area contributed by atoms with E-state index in [1.54, 1.807) is 7.11 Å². The van der Waals surface area contributed by atoms with Gasteiger partial charge in [-0.1, -0.05) is 35.5 Å². The lowest BCUT2D eigenvalue weighted by molar-refractivity contribution is -0.161. The van der Waals surface area contributed by atoms with Crippen LogP contribution in [-0.4, -0.2) is 76.4 Å². The lowest BCUT2D eigenvalue weighted by Crippen LogP contribution is -2.41. The summed E-state index contributed by atoms with van der Waals surface area (Å²) in [5, 5.41) is 0.396. The summed E-state index contributed by atoms with van der Waals surface area (Å²) in [6.07, 6.45) is 6.49. The number of hydrogen-bond acceptors (Lipinski definition) is 8. The van der Waals surface area contributed by atoms with Gasteiger partial charge in [0.15, 0.2) is 0 Å². The van der Waals surface area contributed by atoms with Crippen LogP contribution < -0.4 is 0 Å². The van der Waals surface area contributed by atoms with Crippen molar-refractivity contribution in [1.29, 1.82) is 0 Å². The van der Waals surface area contributed by atoms with Crippen LogP contribution in [-0.2, 0) is 38.0 Å². The van der Waals surface area contributed by atoms with Gasteiger partial charge in [-0.25, -0.2) is 4.79 Å². The molecule has 0 aliphatic carbocycles. The molecule has 1 aliphatic rings. The van der Waals surface area contributed by atoms with Crippen molar-refractivity contribution in [3.63, 3.8) is 0 Å². The molecule has 196 valence electrons. The Labute approximate surface area is 212 Å². The second-order valence-electron chi connectivity index (χ2n) is 8.81. The van der Waals surface area contributed by atoms with Crippen LogP contribution in [0.2, 0.25) is 0 Å². The Hall–Kier alpha value is -1.10. The first-order chi connectivity index (χ1) is 16.3. The predicted octanol–water partition coefficient (Wildman–Crippen LogP) is 4.35. The van der Waals surface area contributed by atoms with E-state index in [2.05, 4.69) is 22.5 Å². The number of alkyl halides is 1. The summed E-state index contributed by atoms with van der Waals surface area (Å²) in [5.74, 6) is -0.281. The topological polar surface area (TPSA) is 89.5 Å². The number of carbonyl (C=O) groups is 2. The van der Waals surface area contributed by atoms with Gasteiger partial charge in [-0.15, -0.1) is 0 Å². The van der Waals surface area contributed by atoms with Crippen LogP contribution in [0, 0.1) is 5.92 Å². The van der Waals surface area contributed by atoms with E-state index in [0.717, 1.165) is 44.0 Å². The summed E-state index contributed by atoms with van der Waals surface area (Å²) in [7, 11) is 4.47. The van der Waals surface area contributed by atoms with E-state index in [9.17, 15) is 9.59 Å². The van der Waals surface area contributed by atoms with E-state index >= 15 is 0 Å². The van der Waals surface area contributed by atoms with Crippen LogP contribution in [0.25, 0.3) is 0 Å². The molecule has 1 aliphatic heterocycles. The number of aldehydes is 1. The maximum Gasteiger partial charge on any atom is 0.334 e. The maximum absolute atomic E-state index is 11.9. The van der Waals surface area contributed by atoms with Crippen LogP contribution in [0.1, 0.15) is 52.4 Å². The van der Waals surface area contributed by atoms with E-state index < -0.39 is 11.7 Å². The normalized spacial score (nSPS) is 23.4. The fourth-order valence-corrected chi connectivity index (χ4v) is 4.52. The first-order valence-corrected chi connectivity index (χ1v) is 12.7. The highest BCUT2D eigenvalue weighted by Gasteiger charge is 2.43. The second kappa shape index (κ2) is 16.5. The van der Waals surface area contributed by atoms with Crippen LogP contribution in [0.3, 0.4) is 0 Å². The Balaban J connectivity index is 2.68. The standard InChI is InChI=1S/C25H41BrO8/c1-18(8-7-9-19(2)22(15-27)32-16-29-4)21-12-13-25(3,34-21)23(33-17-30-5)11-10-20(14-26)24(28)31-6/h10,15,19,21-23H,1,7-9,11-14,16-17H2,2-6H3/b20-10+/t19-,21+,22-,23+,25-/m0/s1. The van der Waals surface area contributed by atoms with Crippen LogP contribution in [0.4, 0.5) is 0 Å². The van der Waals surface area contributed by atoms with Gasteiger partial charge in [0.1, 0.15) is 26.0 Å². The summed E-state index contributed by atoms with van der Waals surface area (Å²) in [4.78, 5) is 23.2. The molecule has 0 aromatic carbocycles. The van der Waals surface area contributed by atoms with Crippen molar-refractivity contribution in [2.75, 3.05) is 40.2 Å². The predicted molar refractivity (Wildman–Crippen MR) is 133 cm³/mol. The quantitative estimate of drug-likeness (QED) is 0.0623. The van der Waals surface area contributed by atoms with Crippen molar-refractivity contribution >= 4 is 28.2 Å². The van der Waals surface area contributed by atoms with Gasteiger partial charge in [-0.2, -0.15) is 0 Å². The van der Waals surface area contributed by atoms with E-state index in [0.29, 0.717) is 17.3 Å². The minimum absolute atomic E-state index is 0.0687. The van der Waals surface area contributed by atoms with E-state index in [1.165, 1.54) is 14.2 Å². The highest BCUT2D eigenvalue weighted by Crippen LogP contribution is 2.39. The van der Waals surface area contributed by atoms with Gasteiger partial charge in [0, 0.05) is 25.1 Å². The molecule has 0 unspecified atom stereocenters. The van der Waals surface area contributed by atoms with Gasteiger partial charge < -0.3 is 33.2 Å². The van der Waals surface area contributed by atoms with Crippen molar-refractivity contribution in [3.05, 3.63) is 23.8 Å². The summed E-state index contributed by atoms with van der Waals surface area (Å²) < 4.78 is 32.7. The minimum Gasteiger partial charge on any atom is -0.466 e. The highest BCUT2D eigenvalue weighted by atomic mass is 79.9. The molecule has 5 atom stereocenters. The average molecular weight is 549 g/mol. The zero-order chi connectivity index (χ0) is 25.6. The smallest absolute Gasteiger partial charge is 0.334 e. The van der Waals surface area contributed by atoms with Crippen LogP contribution in [0.15, 0.2) is 23.8 Å². The lowest BCUT2D eigenvalue weighted by Gasteiger charge is -2.34. The van der Waals surface area contributed by atoms with Crippen molar-refractivity contribution in [3.8, 4) is 0 Å². The Bertz CT molecular complexity index is 667. The Morgan fingerprint density at radius 3 is 2.50 bits per heavy atom. The monoisotopic (exact) mass is 548 g/mol. The fraction of sp³-hybridized carbons (Fsp3) is 0.760. The molecule has 0 saturated carbocycles. The molecule has 0 spiro atoms. The van der Waals surface area contributed by atoms with Gasteiger partial charge in [-0.05, 0) is 56.9 Å². The number of esters is 1.